The number of amides is 1. The van der Waals surface area contributed by atoms with Gasteiger partial charge in [-0.3, -0.25) is 14.2 Å². The van der Waals surface area contributed by atoms with Crippen LogP contribution >= 0.6 is 0 Å². The number of nitrogens with one attached hydrogen (secondary N) is 1. The van der Waals surface area contributed by atoms with Crippen molar-refractivity contribution in [1.29, 1.82) is 0 Å². The van der Waals surface area contributed by atoms with Crippen molar-refractivity contribution in [2.45, 2.75) is 33.2 Å². The number of carbonyl (C=O) groups excluding carboxylic acids is 1. The fraction of sp³-hybridized carbons (Fsp3) is 0.308. The fourth-order valence-corrected chi connectivity index (χ4v) is 3.95. The molecule has 1 N–H and O–H groups in total. The van der Waals surface area contributed by atoms with Gasteiger partial charge in [0.2, 0.25) is 5.91 Å². The maximum Gasteiger partial charge on any atom is 0.266 e. The molecule has 2 aromatic carbocycles. The maximum atomic E-state index is 13.3. The molecule has 0 aliphatic rings. The van der Waals surface area contributed by atoms with E-state index in [9.17, 15) is 14.0 Å². The van der Waals surface area contributed by atoms with Gasteiger partial charge < -0.3 is 14.7 Å². The average Bonchev–Trinajstić information content (AvgIpc) is 3.29. The van der Waals surface area contributed by atoms with Gasteiger partial charge in [-0.2, -0.15) is 0 Å². The van der Waals surface area contributed by atoms with Crippen LogP contribution in [0.5, 0.6) is 0 Å². The Balaban J connectivity index is 1.32. The smallest absolute Gasteiger partial charge is 0.266 e. The topological polar surface area (TPSA) is 93.3 Å². The van der Waals surface area contributed by atoms with E-state index in [0.29, 0.717) is 17.8 Å². The molecule has 0 saturated carbocycles. The molecular weight excluding hydrogens is 449 g/mol. The van der Waals surface area contributed by atoms with Gasteiger partial charge in [-0.25, -0.2) is 9.37 Å². The van der Waals surface area contributed by atoms with Crippen molar-refractivity contribution < 1.29 is 13.7 Å². The molecule has 0 radical (unpaired) electrons. The summed E-state index contributed by atoms with van der Waals surface area (Å²) in [5.41, 5.74) is 2.98. The summed E-state index contributed by atoms with van der Waals surface area (Å²) in [6.07, 6.45) is 2.29. The van der Waals surface area contributed by atoms with Crippen molar-refractivity contribution in [3.05, 3.63) is 76.6 Å². The van der Waals surface area contributed by atoms with Crippen molar-refractivity contribution >= 4 is 22.7 Å². The number of halogens is 1. The zero-order chi connectivity index (χ0) is 24.8. The van der Waals surface area contributed by atoms with Crippen molar-refractivity contribution in [3.8, 4) is 11.3 Å². The van der Waals surface area contributed by atoms with Gasteiger partial charge in [0.05, 0.1) is 0 Å². The minimum Gasteiger partial charge on any atom is -0.372 e. The summed E-state index contributed by atoms with van der Waals surface area (Å²) in [6.45, 7) is 6.63. The van der Waals surface area contributed by atoms with E-state index in [4.69, 9.17) is 4.52 Å². The number of hydrogen-bond acceptors (Lipinski definition) is 6. The Morgan fingerprint density at radius 2 is 2.00 bits per heavy atom. The number of aromatic nitrogens is 3. The SMILES string of the molecule is CCN(CCCNC(=O)CCn1cnc2onc(-c3ccc(F)cc3)c2c1=O)c1cccc(C)c1. The lowest BCUT2D eigenvalue weighted by atomic mass is 10.1. The number of carbonyl (C=O) groups is 1. The van der Waals surface area contributed by atoms with Gasteiger partial charge in [0, 0.05) is 43.9 Å². The van der Waals surface area contributed by atoms with Gasteiger partial charge in [-0.1, -0.05) is 17.3 Å². The number of hydrogen-bond donors (Lipinski definition) is 1. The molecule has 8 nitrogen and oxygen atoms in total. The largest absolute Gasteiger partial charge is 0.372 e. The van der Waals surface area contributed by atoms with Crippen molar-refractivity contribution in [1.82, 2.24) is 20.0 Å². The summed E-state index contributed by atoms with van der Waals surface area (Å²) in [5.74, 6) is -0.527. The van der Waals surface area contributed by atoms with Crippen LogP contribution in [0.2, 0.25) is 0 Å². The van der Waals surface area contributed by atoms with E-state index in [1.165, 1.54) is 46.4 Å². The summed E-state index contributed by atoms with van der Waals surface area (Å²) in [5, 5.41) is 7.06. The number of anilines is 1. The number of aryl methyl sites for hydroxylation is 2. The minimum absolute atomic E-state index is 0.101. The molecule has 0 saturated heterocycles. The van der Waals surface area contributed by atoms with Gasteiger partial charge in [-0.15, -0.1) is 0 Å². The second-order valence-electron chi connectivity index (χ2n) is 8.33. The molecule has 9 heteroatoms. The molecule has 4 aromatic rings. The molecule has 0 aliphatic heterocycles. The highest BCUT2D eigenvalue weighted by Crippen LogP contribution is 2.24. The maximum absolute atomic E-state index is 13.3. The Morgan fingerprint density at radius 1 is 1.20 bits per heavy atom. The molecule has 0 atom stereocenters. The highest BCUT2D eigenvalue weighted by molar-refractivity contribution is 5.88. The quantitative estimate of drug-likeness (QED) is 0.348. The van der Waals surface area contributed by atoms with E-state index in [1.54, 1.807) is 0 Å². The third-order valence-corrected chi connectivity index (χ3v) is 5.84. The molecule has 0 bridgehead atoms. The summed E-state index contributed by atoms with van der Waals surface area (Å²) in [6, 6.07) is 14.0. The average molecular weight is 478 g/mol. The molecule has 4 rings (SSSR count). The predicted molar refractivity (Wildman–Crippen MR) is 133 cm³/mol. The molecule has 0 spiro atoms. The zero-order valence-electron chi connectivity index (χ0n) is 19.8. The predicted octanol–water partition coefficient (Wildman–Crippen LogP) is 3.92. The minimum atomic E-state index is -0.388. The van der Waals surface area contributed by atoms with Crippen LogP contribution in [0.1, 0.15) is 25.3 Å². The Labute approximate surface area is 202 Å². The molecule has 2 aromatic heterocycles. The van der Waals surface area contributed by atoms with E-state index in [0.717, 1.165) is 19.5 Å². The first-order valence-corrected chi connectivity index (χ1v) is 11.7. The Morgan fingerprint density at radius 3 is 2.74 bits per heavy atom. The van der Waals surface area contributed by atoms with Gasteiger partial charge in [-0.05, 0) is 62.2 Å². The van der Waals surface area contributed by atoms with Gasteiger partial charge in [0.15, 0.2) is 0 Å². The normalized spacial score (nSPS) is 11.1. The van der Waals surface area contributed by atoms with E-state index in [1.807, 2.05) is 6.07 Å². The molecule has 0 aliphatic carbocycles. The van der Waals surface area contributed by atoms with Crippen LogP contribution in [0.3, 0.4) is 0 Å². The number of rotatable bonds is 10. The lowest BCUT2D eigenvalue weighted by molar-refractivity contribution is -0.121. The van der Waals surface area contributed by atoms with Crippen molar-refractivity contribution in [3.63, 3.8) is 0 Å². The standard InChI is InChI=1S/C26H28FN5O3/c1-3-31(21-7-4-6-18(2)16-21)14-5-13-28-22(33)12-15-32-17-29-25-23(26(32)34)24(30-35-25)19-8-10-20(27)11-9-19/h4,6-11,16-17H,3,5,12-15H2,1-2H3,(H,28,33). The van der Waals surface area contributed by atoms with E-state index in [-0.39, 0.29) is 41.3 Å². The first-order valence-electron chi connectivity index (χ1n) is 11.7. The number of benzene rings is 2. The Bertz CT molecular complexity index is 1360. The Kier molecular flexibility index (Phi) is 7.54. The summed E-state index contributed by atoms with van der Waals surface area (Å²) in [4.78, 5) is 31.8. The molecular formula is C26H28FN5O3. The molecule has 182 valence electrons. The molecule has 0 unspecified atom stereocenters. The third-order valence-electron chi connectivity index (χ3n) is 5.84. The van der Waals surface area contributed by atoms with Crippen LogP contribution in [0.4, 0.5) is 10.1 Å². The Hall–Kier alpha value is -4.01. The third kappa shape index (κ3) is 5.74. The van der Waals surface area contributed by atoms with E-state index < -0.39 is 0 Å². The van der Waals surface area contributed by atoms with Crippen LogP contribution < -0.4 is 15.8 Å². The van der Waals surface area contributed by atoms with Gasteiger partial charge >= 0.3 is 0 Å². The van der Waals surface area contributed by atoms with E-state index >= 15 is 0 Å². The lowest BCUT2D eigenvalue weighted by Crippen LogP contribution is -2.31. The van der Waals surface area contributed by atoms with Crippen molar-refractivity contribution in [2.24, 2.45) is 0 Å². The first-order chi connectivity index (χ1) is 17.0. The highest BCUT2D eigenvalue weighted by Gasteiger charge is 2.17. The van der Waals surface area contributed by atoms with E-state index in [2.05, 4.69) is 52.4 Å². The van der Waals surface area contributed by atoms with Crippen LogP contribution in [-0.2, 0) is 11.3 Å². The van der Waals surface area contributed by atoms with Gasteiger partial charge in [0.1, 0.15) is 23.2 Å². The summed E-state index contributed by atoms with van der Waals surface area (Å²) < 4.78 is 19.8. The van der Waals surface area contributed by atoms with Crippen LogP contribution in [0.25, 0.3) is 22.4 Å². The summed E-state index contributed by atoms with van der Waals surface area (Å²) >= 11 is 0. The van der Waals surface area contributed by atoms with Crippen LogP contribution in [0, 0.1) is 12.7 Å². The lowest BCUT2D eigenvalue weighted by Gasteiger charge is -2.23. The molecule has 1 amide bonds. The van der Waals surface area contributed by atoms with Gasteiger partial charge in [0.25, 0.3) is 11.3 Å². The highest BCUT2D eigenvalue weighted by atomic mass is 19.1. The first kappa shape index (κ1) is 24.1. The van der Waals surface area contributed by atoms with Crippen LogP contribution in [-0.4, -0.2) is 40.2 Å². The number of nitrogens with zero attached hydrogens (tertiary/aromatic N) is 4. The zero-order valence-corrected chi connectivity index (χ0v) is 19.8. The number of fused-ring (bicyclic) bond motifs is 1. The molecule has 2 heterocycles. The fourth-order valence-electron chi connectivity index (χ4n) is 3.95. The second kappa shape index (κ2) is 10.9. The second-order valence-corrected chi connectivity index (χ2v) is 8.33. The van der Waals surface area contributed by atoms with Crippen molar-refractivity contribution in [2.75, 3.05) is 24.5 Å². The van der Waals surface area contributed by atoms with Crippen LogP contribution in [0.15, 0.2) is 64.2 Å². The summed E-state index contributed by atoms with van der Waals surface area (Å²) in [7, 11) is 0. The molecule has 0 fully saturated rings. The monoisotopic (exact) mass is 477 g/mol. The molecule has 35 heavy (non-hydrogen) atoms.